The Labute approximate surface area is 84.7 Å². The lowest BCUT2D eigenvalue weighted by Gasteiger charge is -2.02. The van der Waals surface area contributed by atoms with Crippen molar-refractivity contribution in [1.29, 1.82) is 0 Å². The molecule has 5 heteroatoms. The molecule has 3 N–H and O–H groups in total. The molecule has 0 amide bonds. The van der Waals surface area contributed by atoms with E-state index in [9.17, 15) is 4.39 Å². The van der Waals surface area contributed by atoms with Crippen LogP contribution in [0.2, 0.25) is 5.02 Å². The summed E-state index contributed by atoms with van der Waals surface area (Å²) in [6, 6.07) is 4.74. The van der Waals surface area contributed by atoms with Crippen molar-refractivity contribution in [2.45, 2.75) is 0 Å². The van der Waals surface area contributed by atoms with Crippen LogP contribution in [0.4, 0.5) is 10.2 Å². The molecule has 2 aromatic rings. The molecule has 1 aromatic carbocycles. The fraction of sp³-hybridized carbons (Fsp3) is 0. The van der Waals surface area contributed by atoms with Gasteiger partial charge in [0.05, 0.1) is 11.2 Å². The third kappa shape index (κ3) is 1.33. The Balaban J connectivity index is 2.63. The topological polar surface area (TPSA) is 54.7 Å². The van der Waals surface area contributed by atoms with Crippen LogP contribution in [0.25, 0.3) is 11.1 Å². The van der Waals surface area contributed by atoms with Crippen LogP contribution < -0.4 is 5.73 Å². The van der Waals surface area contributed by atoms with E-state index >= 15 is 0 Å². The summed E-state index contributed by atoms with van der Waals surface area (Å²) in [7, 11) is 0. The first-order chi connectivity index (χ1) is 6.70. The largest absolute Gasteiger partial charge is 0.384 e. The van der Waals surface area contributed by atoms with Crippen molar-refractivity contribution in [3.8, 4) is 11.1 Å². The Morgan fingerprint density at radius 2 is 2.14 bits per heavy atom. The Bertz CT molecular complexity index is 467. The number of aromatic amines is 1. The van der Waals surface area contributed by atoms with Gasteiger partial charge in [0.2, 0.25) is 0 Å². The van der Waals surface area contributed by atoms with Crippen LogP contribution in [0.15, 0.2) is 24.4 Å². The number of rotatable bonds is 1. The van der Waals surface area contributed by atoms with Gasteiger partial charge in [-0.2, -0.15) is 5.10 Å². The van der Waals surface area contributed by atoms with Crippen LogP contribution in [-0.4, -0.2) is 10.2 Å². The monoisotopic (exact) mass is 211 g/mol. The minimum absolute atomic E-state index is 0.0723. The highest BCUT2D eigenvalue weighted by atomic mass is 35.5. The summed E-state index contributed by atoms with van der Waals surface area (Å²) in [6.45, 7) is 0. The van der Waals surface area contributed by atoms with Gasteiger partial charge in [-0.05, 0) is 6.07 Å². The second kappa shape index (κ2) is 3.31. The Hall–Kier alpha value is -1.55. The first-order valence-corrected chi connectivity index (χ1v) is 4.31. The third-order valence-electron chi connectivity index (χ3n) is 1.91. The molecule has 0 saturated heterocycles. The number of anilines is 1. The van der Waals surface area contributed by atoms with Crippen molar-refractivity contribution in [2.24, 2.45) is 0 Å². The minimum Gasteiger partial charge on any atom is -0.384 e. The van der Waals surface area contributed by atoms with Gasteiger partial charge < -0.3 is 5.73 Å². The van der Waals surface area contributed by atoms with E-state index in [0.29, 0.717) is 16.9 Å². The van der Waals surface area contributed by atoms with Crippen molar-refractivity contribution in [3.63, 3.8) is 0 Å². The van der Waals surface area contributed by atoms with Gasteiger partial charge in [-0.1, -0.05) is 23.7 Å². The predicted molar refractivity (Wildman–Crippen MR) is 53.4 cm³/mol. The maximum absolute atomic E-state index is 13.5. The molecule has 3 nitrogen and oxygen atoms in total. The molecule has 14 heavy (non-hydrogen) atoms. The van der Waals surface area contributed by atoms with Crippen LogP contribution in [0, 0.1) is 5.82 Å². The van der Waals surface area contributed by atoms with Gasteiger partial charge in [0, 0.05) is 11.1 Å². The zero-order valence-electron chi connectivity index (χ0n) is 7.09. The average Bonchev–Trinajstić information content (AvgIpc) is 2.57. The van der Waals surface area contributed by atoms with E-state index in [1.54, 1.807) is 12.1 Å². The molecule has 0 atom stereocenters. The van der Waals surface area contributed by atoms with E-state index < -0.39 is 5.82 Å². The molecule has 0 aliphatic carbocycles. The number of nitrogens with two attached hydrogens (primary N) is 1. The standard InChI is InChI=1S/C9H7ClFN3/c10-7-3-1-2-5(8(7)11)6-4-13-14-9(6)12/h1-4H,(H3,12,13,14). The molecule has 0 spiro atoms. The number of nitrogen functional groups attached to an aromatic ring is 1. The number of hydrogen-bond donors (Lipinski definition) is 2. The molecule has 0 fully saturated rings. The lowest BCUT2D eigenvalue weighted by atomic mass is 10.1. The predicted octanol–water partition coefficient (Wildman–Crippen LogP) is 2.45. The van der Waals surface area contributed by atoms with Gasteiger partial charge in [-0.25, -0.2) is 4.39 Å². The molecule has 0 aliphatic heterocycles. The normalized spacial score (nSPS) is 10.4. The number of nitrogens with one attached hydrogen (secondary N) is 1. The molecule has 2 rings (SSSR count). The van der Waals surface area contributed by atoms with Gasteiger partial charge in [-0.15, -0.1) is 0 Å². The number of H-pyrrole nitrogens is 1. The van der Waals surface area contributed by atoms with Crippen molar-refractivity contribution in [2.75, 3.05) is 5.73 Å². The van der Waals surface area contributed by atoms with Crippen LogP contribution in [0.3, 0.4) is 0 Å². The summed E-state index contributed by atoms with van der Waals surface area (Å²) in [5.41, 5.74) is 6.43. The first kappa shape index (κ1) is 9.02. The summed E-state index contributed by atoms with van der Waals surface area (Å²) < 4.78 is 13.5. The Morgan fingerprint density at radius 1 is 1.36 bits per heavy atom. The molecule has 0 bridgehead atoms. The van der Waals surface area contributed by atoms with Gasteiger partial charge in [0.25, 0.3) is 0 Å². The molecule has 72 valence electrons. The third-order valence-corrected chi connectivity index (χ3v) is 2.20. The van der Waals surface area contributed by atoms with Crippen LogP contribution in [0.5, 0.6) is 0 Å². The lowest BCUT2D eigenvalue weighted by Crippen LogP contribution is -1.90. The number of aromatic nitrogens is 2. The Kier molecular flexibility index (Phi) is 2.13. The van der Waals surface area contributed by atoms with E-state index in [0.717, 1.165) is 0 Å². The van der Waals surface area contributed by atoms with Crippen molar-refractivity contribution >= 4 is 17.4 Å². The summed E-state index contributed by atoms with van der Waals surface area (Å²) >= 11 is 5.64. The quantitative estimate of drug-likeness (QED) is 0.761. The molecule has 1 aromatic heterocycles. The summed E-state index contributed by atoms with van der Waals surface area (Å²) in [5.74, 6) is -0.159. The highest BCUT2D eigenvalue weighted by Gasteiger charge is 2.11. The number of nitrogens with zero attached hydrogens (tertiary/aromatic N) is 1. The molecular weight excluding hydrogens is 205 g/mol. The van der Waals surface area contributed by atoms with Gasteiger partial charge in [0.1, 0.15) is 11.6 Å². The zero-order valence-corrected chi connectivity index (χ0v) is 7.85. The maximum atomic E-state index is 13.5. The van der Waals surface area contributed by atoms with Crippen molar-refractivity contribution < 1.29 is 4.39 Å². The summed E-state index contributed by atoms with van der Waals surface area (Å²) in [6.07, 6.45) is 1.46. The summed E-state index contributed by atoms with van der Waals surface area (Å²) in [5, 5.41) is 6.31. The molecule has 0 radical (unpaired) electrons. The number of benzene rings is 1. The van der Waals surface area contributed by atoms with Crippen LogP contribution in [0.1, 0.15) is 0 Å². The molecular formula is C9H7ClFN3. The fourth-order valence-corrected chi connectivity index (χ4v) is 1.40. The second-order valence-corrected chi connectivity index (χ2v) is 3.21. The SMILES string of the molecule is Nc1[nH]ncc1-c1cccc(Cl)c1F. The average molecular weight is 212 g/mol. The second-order valence-electron chi connectivity index (χ2n) is 2.80. The molecule has 0 aliphatic rings. The number of hydrogen-bond acceptors (Lipinski definition) is 2. The highest BCUT2D eigenvalue weighted by molar-refractivity contribution is 6.31. The maximum Gasteiger partial charge on any atom is 0.149 e. The van der Waals surface area contributed by atoms with Crippen molar-refractivity contribution in [1.82, 2.24) is 10.2 Å². The van der Waals surface area contributed by atoms with E-state index in [-0.39, 0.29) is 5.02 Å². The highest BCUT2D eigenvalue weighted by Crippen LogP contribution is 2.29. The number of halogens is 2. The van der Waals surface area contributed by atoms with E-state index in [2.05, 4.69) is 10.2 Å². The molecule has 0 saturated carbocycles. The molecule has 0 unspecified atom stereocenters. The van der Waals surface area contributed by atoms with Crippen molar-refractivity contribution in [3.05, 3.63) is 35.2 Å². The lowest BCUT2D eigenvalue weighted by molar-refractivity contribution is 0.632. The first-order valence-electron chi connectivity index (χ1n) is 3.93. The van der Waals surface area contributed by atoms with Gasteiger partial charge >= 0.3 is 0 Å². The minimum atomic E-state index is -0.484. The van der Waals surface area contributed by atoms with E-state index in [4.69, 9.17) is 17.3 Å². The van der Waals surface area contributed by atoms with Crippen LogP contribution >= 0.6 is 11.6 Å². The van der Waals surface area contributed by atoms with E-state index in [1.807, 2.05) is 0 Å². The van der Waals surface area contributed by atoms with E-state index in [1.165, 1.54) is 12.3 Å². The fourth-order valence-electron chi connectivity index (χ4n) is 1.22. The zero-order chi connectivity index (χ0) is 10.1. The summed E-state index contributed by atoms with van der Waals surface area (Å²) in [4.78, 5) is 0. The Morgan fingerprint density at radius 3 is 2.79 bits per heavy atom. The smallest absolute Gasteiger partial charge is 0.149 e. The van der Waals surface area contributed by atoms with Gasteiger partial charge in [0.15, 0.2) is 0 Å². The van der Waals surface area contributed by atoms with Gasteiger partial charge in [-0.3, -0.25) is 5.10 Å². The van der Waals surface area contributed by atoms with Crippen LogP contribution in [-0.2, 0) is 0 Å². The molecule has 1 heterocycles.